The van der Waals surface area contributed by atoms with Gasteiger partial charge in [0.25, 0.3) is 0 Å². The average Bonchev–Trinajstić information content (AvgIpc) is 3.07. The molecule has 1 unspecified atom stereocenters. The maximum atomic E-state index is 9.18. The lowest BCUT2D eigenvalue weighted by atomic mass is 10.1. The van der Waals surface area contributed by atoms with Crippen LogP contribution in [-0.2, 0) is 0 Å². The third-order valence-corrected chi connectivity index (χ3v) is 4.14. The van der Waals surface area contributed by atoms with Gasteiger partial charge in [-0.3, -0.25) is 0 Å². The minimum absolute atomic E-state index is 0.235. The fraction of sp³-hybridized carbons (Fsp3) is 0.467. The number of hydrogen-bond acceptors (Lipinski definition) is 6. The molecular weight excluding hydrogens is 266 g/mol. The fourth-order valence-electron chi connectivity index (χ4n) is 2.81. The van der Waals surface area contributed by atoms with E-state index in [0.29, 0.717) is 11.5 Å². The standard InChI is InChI=1S/C15H15N5O/c16-8-11-2-1-6-17-14(11)20-7-5-12(9-20)15-18-13(19-21-15)10-3-4-10/h1-2,6,10,12H,3-5,7,9H2. The maximum absolute atomic E-state index is 9.18. The summed E-state index contributed by atoms with van der Waals surface area (Å²) in [6.45, 7) is 1.63. The predicted octanol–water partition coefficient (Wildman–Crippen LogP) is 2.21. The monoisotopic (exact) mass is 281 g/mol. The second-order valence-corrected chi connectivity index (χ2v) is 5.68. The molecule has 4 rings (SSSR count). The molecule has 0 bridgehead atoms. The Balaban J connectivity index is 1.52. The van der Waals surface area contributed by atoms with E-state index in [-0.39, 0.29) is 5.92 Å². The summed E-state index contributed by atoms with van der Waals surface area (Å²) < 4.78 is 5.42. The Morgan fingerprint density at radius 2 is 2.19 bits per heavy atom. The molecule has 0 radical (unpaired) electrons. The zero-order chi connectivity index (χ0) is 14.2. The lowest BCUT2D eigenvalue weighted by Crippen LogP contribution is -2.21. The highest BCUT2D eigenvalue weighted by Gasteiger charge is 2.33. The van der Waals surface area contributed by atoms with Crippen molar-refractivity contribution in [2.24, 2.45) is 0 Å². The molecule has 2 aromatic rings. The van der Waals surface area contributed by atoms with Crippen molar-refractivity contribution in [1.29, 1.82) is 5.26 Å². The van der Waals surface area contributed by atoms with Crippen molar-refractivity contribution in [3.63, 3.8) is 0 Å². The molecule has 2 aliphatic rings. The molecule has 0 amide bonds. The second kappa shape index (κ2) is 4.85. The maximum Gasteiger partial charge on any atom is 0.231 e. The van der Waals surface area contributed by atoms with E-state index in [2.05, 4.69) is 26.1 Å². The largest absolute Gasteiger partial charge is 0.355 e. The first-order valence-corrected chi connectivity index (χ1v) is 7.28. The van der Waals surface area contributed by atoms with Crippen LogP contribution in [0.25, 0.3) is 0 Å². The second-order valence-electron chi connectivity index (χ2n) is 5.68. The molecule has 0 spiro atoms. The van der Waals surface area contributed by atoms with Gasteiger partial charge in [-0.25, -0.2) is 4.98 Å². The molecular formula is C15H15N5O. The summed E-state index contributed by atoms with van der Waals surface area (Å²) in [5.41, 5.74) is 0.613. The topological polar surface area (TPSA) is 78.8 Å². The Hall–Kier alpha value is -2.42. The molecule has 1 aliphatic carbocycles. The molecule has 1 saturated carbocycles. The predicted molar refractivity (Wildman–Crippen MR) is 74.8 cm³/mol. The Kier molecular flexibility index (Phi) is 2.85. The summed E-state index contributed by atoms with van der Waals surface area (Å²) in [6, 6.07) is 5.79. The van der Waals surface area contributed by atoms with Crippen LogP contribution in [0.1, 0.15) is 48.4 Å². The molecule has 1 aliphatic heterocycles. The minimum atomic E-state index is 0.235. The van der Waals surface area contributed by atoms with Crippen molar-refractivity contribution >= 4 is 5.82 Å². The van der Waals surface area contributed by atoms with Crippen molar-refractivity contribution in [2.45, 2.75) is 31.1 Å². The van der Waals surface area contributed by atoms with Gasteiger partial charge in [0.15, 0.2) is 5.82 Å². The highest BCUT2D eigenvalue weighted by atomic mass is 16.5. The summed E-state index contributed by atoms with van der Waals surface area (Å²) in [5.74, 6) is 3.09. The van der Waals surface area contributed by atoms with Crippen LogP contribution < -0.4 is 4.90 Å². The van der Waals surface area contributed by atoms with Crippen molar-refractivity contribution in [1.82, 2.24) is 15.1 Å². The van der Waals surface area contributed by atoms with Gasteiger partial charge in [0.05, 0.1) is 11.5 Å². The summed E-state index contributed by atoms with van der Waals surface area (Å²) in [4.78, 5) is 11.0. The number of nitriles is 1. The molecule has 2 aromatic heterocycles. The van der Waals surface area contributed by atoms with Crippen LogP contribution in [-0.4, -0.2) is 28.2 Å². The number of aromatic nitrogens is 3. The highest BCUT2D eigenvalue weighted by molar-refractivity contribution is 5.54. The van der Waals surface area contributed by atoms with E-state index in [1.54, 1.807) is 18.3 Å². The van der Waals surface area contributed by atoms with Crippen LogP contribution in [0.3, 0.4) is 0 Å². The van der Waals surface area contributed by atoms with Gasteiger partial charge >= 0.3 is 0 Å². The van der Waals surface area contributed by atoms with Gasteiger partial charge in [0.1, 0.15) is 11.9 Å². The Morgan fingerprint density at radius 1 is 1.29 bits per heavy atom. The van der Waals surface area contributed by atoms with Gasteiger partial charge in [-0.2, -0.15) is 10.2 Å². The van der Waals surface area contributed by atoms with Gasteiger partial charge in [-0.1, -0.05) is 5.16 Å². The van der Waals surface area contributed by atoms with Crippen LogP contribution in [0.5, 0.6) is 0 Å². The number of rotatable bonds is 3. The molecule has 3 heterocycles. The molecule has 0 aromatic carbocycles. The van der Waals surface area contributed by atoms with Crippen molar-refractivity contribution in [2.75, 3.05) is 18.0 Å². The first-order chi connectivity index (χ1) is 10.3. The molecule has 21 heavy (non-hydrogen) atoms. The summed E-state index contributed by atoms with van der Waals surface area (Å²) >= 11 is 0. The number of pyridine rings is 1. The lowest BCUT2D eigenvalue weighted by Gasteiger charge is -2.17. The number of anilines is 1. The van der Waals surface area contributed by atoms with Crippen molar-refractivity contribution in [3.8, 4) is 6.07 Å². The Bertz CT molecular complexity index is 700. The van der Waals surface area contributed by atoms with Gasteiger partial charge in [-0.15, -0.1) is 0 Å². The molecule has 1 saturated heterocycles. The number of nitrogens with zero attached hydrogens (tertiary/aromatic N) is 5. The van der Waals surface area contributed by atoms with E-state index < -0.39 is 0 Å². The smallest absolute Gasteiger partial charge is 0.231 e. The molecule has 106 valence electrons. The molecule has 1 atom stereocenters. The van der Waals surface area contributed by atoms with E-state index >= 15 is 0 Å². The summed E-state index contributed by atoms with van der Waals surface area (Å²) in [6.07, 6.45) is 5.03. The third kappa shape index (κ3) is 2.25. The molecule has 2 fully saturated rings. The quantitative estimate of drug-likeness (QED) is 0.858. The van der Waals surface area contributed by atoms with E-state index in [1.165, 1.54) is 12.8 Å². The summed E-state index contributed by atoms with van der Waals surface area (Å²) in [5, 5.41) is 13.3. The average molecular weight is 281 g/mol. The van der Waals surface area contributed by atoms with E-state index in [0.717, 1.165) is 37.0 Å². The Morgan fingerprint density at radius 3 is 3.00 bits per heavy atom. The zero-order valence-corrected chi connectivity index (χ0v) is 11.6. The zero-order valence-electron chi connectivity index (χ0n) is 11.6. The fourth-order valence-corrected chi connectivity index (χ4v) is 2.81. The first-order valence-electron chi connectivity index (χ1n) is 7.28. The number of hydrogen-bond donors (Lipinski definition) is 0. The molecule has 0 N–H and O–H groups in total. The van der Waals surface area contributed by atoms with Crippen LogP contribution in [0.4, 0.5) is 5.82 Å². The lowest BCUT2D eigenvalue weighted by molar-refractivity contribution is 0.355. The van der Waals surface area contributed by atoms with E-state index in [9.17, 15) is 5.26 Å². The van der Waals surface area contributed by atoms with Crippen molar-refractivity contribution < 1.29 is 4.52 Å². The third-order valence-electron chi connectivity index (χ3n) is 4.14. The van der Waals surface area contributed by atoms with Gasteiger partial charge in [0, 0.05) is 25.2 Å². The normalized spacial score (nSPS) is 21.5. The van der Waals surface area contributed by atoms with Gasteiger partial charge in [0.2, 0.25) is 5.89 Å². The molecule has 6 nitrogen and oxygen atoms in total. The Labute approximate surface area is 122 Å². The van der Waals surface area contributed by atoms with Crippen LogP contribution >= 0.6 is 0 Å². The van der Waals surface area contributed by atoms with Crippen LogP contribution in [0.15, 0.2) is 22.9 Å². The first kappa shape index (κ1) is 12.3. The van der Waals surface area contributed by atoms with E-state index in [4.69, 9.17) is 4.52 Å². The van der Waals surface area contributed by atoms with Gasteiger partial charge < -0.3 is 9.42 Å². The van der Waals surface area contributed by atoms with E-state index in [1.807, 2.05) is 0 Å². The SMILES string of the molecule is N#Cc1cccnc1N1CCC(c2nc(C3CC3)no2)C1. The van der Waals surface area contributed by atoms with Crippen molar-refractivity contribution in [3.05, 3.63) is 35.6 Å². The highest BCUT2D eigenvalue weighted by Crippen LogP contribution is 2.39. The van der Waals surface area contributed by atoms with Crippen LogP contribution in [0, 0.1) is 11.3 Å². The minimum Gasteiger partial charge on any atom is -0.355 e. The molecule has 6 heteroatoms. The van der Waals surface area contributed by atoms with Gasteiger partial charge in [-0.05, 0) is 31.4 Å². The summed E-state index contributed by atoms with van der Waals surface area (Å²) in [7, 11) is 0. The van der Waals surface area contributed by atoms with Crippen LogP contribution in [0.2, 0.25) is 0 Å².